The van der Waals surface area contributed by atoms with Crippen LogP contribution in [0, 0.1) is 0 Å². The molecule has 0 bridgehead atoms. The summed E-state index contributed by atoms with van der Waals surface area (Å²) in [6, 6.07) is -0.228. The first kappa shape index (κ1) is 22.1. The molecule has 2 fully saturated rings. The maximum atomic E-state index is 11.8. The van der Waals surface area contributed by atoms with Gasteiger partial charge >= 0.3 is 12.1 Å². The summed E-state index contributed by atoms with van der Waals surface area (Å²) in [7, 11) is 0. The van der Waals surface area contributed by atoms with Gasteiger partial charge in [0.2, 0.25) is 0 Å². The molecule has 6 heteroatoms. The normalized spacial score (nSPS) is 28.0. The molecule has 0 radical (unpaired) electrons. The third kappa shape index (κ3) is 6.21. The average molecular weight is 408 g/mol. The molecule has 29 heavy (non-hydrogen) atoms. The van der Waals surface area contributed by atoms with Gasteiger partial charge in [0.1, 0.15) is 24.9 Å². The van der Waals surface area contributed by atoms with Gasteiger partial charge in [0.05, 0.1) is 6.10 Å². The number of carbonyl (C=O) groups excluding carboxylic acids is 2. The zero-order chi connectivity index (χ0) is 20.6. The zero-order valence-corrected chi connectivity index (χ0v) is 18.1. The molecule has 0 N–H and O–H groups in total. The molecule has 4 atom stereocenters. The minimum absolute atomic E-state index is 0.0239. The third-order valence-electron chi connectivity index (χ3n) is 6.26. The fourth-order valence-corrected chi connectivity index (χ4v) is 4.56. The van der Waals surface area contributed by atoms with Gasteiger partial charge in [-0.25, -0.2) is 4.79 Å². The Morgan fingerprint density at radius 2 is 1.76 bits per heavy atom. The molecule has 0 unspecified atom stereocenters. The first-order chi connectivity index (χ1) is 14.1. The first-order valence-electron chi connectivity index (χ1n) is 11.6. The topological polar surface area (TPSA) is 68.4 Å². The SMILES string of the molecule is CCCCCCCCCCCC[C@H]1O[C@@H]1C1=CCN2C(=O)OC[C@H]2[C@@H]1OC(C)=O. The second-order valence-electron chi connectivity index (χ2n) is 8.60. The molecule has 6 nitrogen and oxygen atoms in total. The number of unbranched alkanes of at least 4 members (excludes halogenated alkanes) is 9. The minimum Gasteiger partial charge on any atom is -0.456 e. The summed E-state index contributed by atoms with van der Waals surface area (Å²) < 4.78 is 16.6. The van der Waals surface area contributed by atoms with Gasteiger partial charge in [0.15, 0.2) is 0 Å². The Kier molecular flexibility index (Phi) is 8.40. The van der Waals surface area contributed by atoms with E-state index in [0.29, 0.717) is 6.54 Å². The van der Waals surface area contributed by atoms with Crippen molar-refractivity contribution < 1.29 is 23.8 Å². The summed E-state index contributed by atoms with van der Waals surface area (Å²) in [5, 5.41) is 0. The van der Waals surface area contributed by atoms with Gasteiger partial charge in [0.25, 0.3) is 0 Å². The van der Waals surface area contributed by atoms with Crippen molar-refractivity contribution in [3.63, 3.8) is 0 Å². The lowest BCUT2D eigenvalue weighted by molar-refractivity contribution is -0.147. The molecule has 0 aromatic heterocycles. The van der Waals surface area contributed by atoms with Crippen LogP contribution in [0.15, 0.2) is 11.6 Å². The molecule has 1 amide bonds. The predicted molar refractivity (Wildman–Crippen MR) is 111 cm³/mol. The number of ether oxygens (including phenoxy) is 3. The van der Waals surface area contributed by atoms with Crippen molar-refractivity contribution in [1.29, 1.82) is 0 Å². The van der Waals surface area contributed by atoms with Gasteiger partial charge in [-0.2, -0.15) is 0 Å². The highest BCUT2D eigenvalue weighted by Crippen LogP contribution is 2.39. The van der Waals surface area contributed by atoms with Crippen LogP contribution < -0.4 is 0 Å². The molecule has 0 spiro atoms. The van der Waals surface area contributed by atoms with Gasteiger partial charge in [-0.05, 0) is 6.42 Å². The Labute approximate surface area is 174 Å². The highest BCUT2D eigenvalue weighted by molar-refractivity contribution is 5.72. The maximum absolute atomic E-state index is 11.8. The summed E-state index contributed by atoms with van der Waals surface area (Å²) in [5.41, 5.74) is 1.01. The van der Waals surface area contributed by atoms with Crippen molar-refractivity contribution >= 4 is 12.1 Å². The molecule has 2 saturated heterocycles. The average Bonchev–Trinajstić information content (AvgIpc) is 3.36. The summed E-state index contributed by atoms with van der Waals surface area (Å²) in [4.78, 5) is 25.0. The monoisotopic (exact) mass is 407 g/mol. The second-order valence-corrected chi connectivity index (χ2v) is 8.60. The van der Waals surface area contributed by atoms with E-state index >= 15 is 0 Å². The summed E-state index contributed by atoms with van der Waals surface area (Å²) >= 11 is 0. The van der Waals surface area contributed by atoms with Crippen molar-refractivity contribution in [3.8, 4) is 0 Å². The summed E-state index contributed by atoms with van der Waals surface area (Å²) in [6.07, 6.45) is 15.8. The smallest absolute Gasteiger partial charge is 0.410 e. The van der Waals surface area contributed by atoms with Crippen molar-refractivity contribution in [2.75, 3.05) is 13.2 Å². The van der Waals surface area contributed by atoms with Crippen LogP contribution >= 0.6 is 0 Å². The van der Waals surface area contributed by atoms with E-state index in [1.54, 1.807) is 4.90 Å². The van der Waals surface area contributed by atoms with Crippen LogP contribution in [0.3, 0.4) is 0 Å². The number of rotatable bonds is 13. The van der Waals surface area contributed by atoms with Gasteiger partial charge in [-0.1, -0.05) is 77.2 Å². The van der Waals surface area contributed by atoms with E-state index in [0.717, 1.165) is 12.0 Å². The molecule has 0 aromatic carbocycles. The fraction of sp³-hybridized carbons (Fsp3) is 0.826. The largest absolute Gasteiger partial charge is 0.456 e. The van der Waals surface area contributed by atoms with Crippen molar-refractivity contribution in [2.24, 2.45) is 0 Å². The Morgan fingerprint density at radius 1 is 1.10 bits per heavy atom. The Morgan fingerprint density at radius 3 is 2.41 bits per heavy atom. The first-order valence-corrected chi connectivity index (χ1v) is 11.6. The molecule has 0 saturated carbocycles. The predicted octanol–water partition coefficient (Wildman–Crippen LogP) is 4.76. The number of carbonyl (C=O) groups is 2. The number of esters is 1. The van der Waals surface area contributed by atoms with Gasteiger partial charge in [0, 0.05) is 19.0 Å². The van der Waals surface area contributed by atoms with Crippen LogP contribution in [0.4, 0.5) is 4.79 Å². The van der Waals surface area contributed by atoms with E-state index in [9.17, 15) is 9.59 Å². The number of hydrogen-bond donors (Lipinski definition) is 0. The summed E-state index contributed by atoms with van der Waals surface area (Å²) in [5.74, 6) is -0.339. The number of hydrogen-bond acceptors (Lipinski definition) is 5. The van der Waals surface area contributed by atoms with Crippen LogP contribution in [0.2, 0.25) is 0 Å². The number of amides is 1. The molecular weight excluding hydrogens is 370 g/mol. The molecule has 164 valence electrons. The Hall–Kier alpha value is -1.56. The van der Waals surface area contributed by atoms with Crippen LogP contribution in [0.25, 0.3) is 0 Å². The van der Waals surface area contributed by atoms with E-state index in [2.05, 4.69) is 6.92 Å². The lowest BCUT2D eigenvalue weighted by atomic mass is 9.92. The van der Waals surface area contributed by atoms with Crippen molar-refractivity contribution in [3.05, 3.63) is 11.6 Å². The van der Waals surface area contributed by atoms with Gasteiger partial charge < -0.3 is 14.2 Å². The van der Waals surface area contributed by atoms with Crippen molar-refractivity contribution in [2.45, 2.75) is 109 Å². The molecule has 3 heterocycles. The molecule has 0 aliphatic carbocycles. The number of fused-ring (bicyclic) bond motifs is 1. The van der Waals surface area contributed by atoms with Crippen LogP contribution in [0.1, 0.15) is 84.5 Å². The number of nitrogens with zero attached hydrogens (tertiary/aromatic N) is 1. The van der Waals surface area contributed by atoms with Gasteiger partial charge in [-0.3, -0.25) is 9.69 Å². The highest BCUT2D eigenvalue weighted by atomic mass is 16.6. The number of epoxide rings is 1. The fourth-order valence-electron chi connectivity index (χ4n) is 4.56. The molecule has 3 aliphatic rings. The van der Waals surface area contributed by atoms with E-state index in [-0.39, 0.29) is 36.9 Å². The number of cyclic esters (lactones) is 1. The Balaban J connectivity index is 1.34. The molecule has 0 aromatic rings. The molecule has 3 aliphatic heterocycles. The molecule has 3 rings (SSSR count). The van der Waals surface area contributed by atoms with E-state index in [1.807, 2.05) is 6.08 Å². The lowest BCUT2D eigenvalue weighted by Crippen LogP contribution is -2.49. The molecular formula is C23H37NO5. The second kappa shape index (κ2) is 11.0. The van der Waals surface area contributed by atoms with Crippen LogP contribution in [-0.2, 0) is 19.0 Å². The third-order valence-corrected chi connectivity index (χ3v) is 6.26. The Bertz CT molecular complexity index is 590. The van der Waals surface area contributed by atoms with Crippen LogP contribution in [0.5, 0.6) is 0 Å². The standard InChI is InChI=1S/C23H37NO5/c1-3-4-5-6-7-8-9-10-11-12-13-20-22(29-20)18-14-15-24-19(16-27-23(24)26)21(18)28-17(2)25/h14,19-22H,3-13,15-16H2,1-2H3/t19-,20+,21+,22+/m0/s1. The van der Waals surface area contributed by atoms with Crippen LogP contribution in [-0.4, -0.2) is 54.5 Å². The van der Waals surface area contributed by atoms with Gasteiger partial charge in [-0.15, -0.1) is 0 Å². The van der Waals surface area contributed by atoms with E-state index < -0.39 is 6.10 Å². The quantitative estimate of drug-likeness (QED) is 0.191. The van der Waals surface area contributed by atoms with E-state index in [4.69, 9.17) is 14.2 Å². The van der Waals surface area contributed by atoms with Crippen molar-refractivity contribution in [1.82, 2.24) is 4.90 Å². The summed E-state index contributed by atoms with van der Waals surface area (Å²) in [6.45, 7) is 4.43. The highest BCUT2D eigenvalue weighted by Gasteiger charge is 2.51. The zero-order valence-electron chi connectivity index (χ0n) is 18.1. The van der Waals surface area contributed by atoms with E-state index in [1.165, 1.54) is 71.1 Å². The minimum atomic E-state index is -0.449. The lowest BCUT2D eigenvalue weighted by Gasteiger charge is -2.33. The maximum Gasteiger partial charge on any atom is 0.410 e.